The van der Waals surface area contributed by atoms with Gasteiger partial charge < -0.3 is 10.1 Å². The third-order valence-electron chi connectivity index (χ3n) is 3.66. The lowest BCUT2D eigenvalue weighted by atomic mass is 10.1. The predicted molar refractivity (Wildman–Crippen MR) is 94.2 cm³/mol. The summed E-state index contributed by atoms with van der Waals surface area (Å²) in [6.45, 7) is 4.32. The molecule has 5 heteroatoms. The predicted octanol–water partition coefficient (Wildman–Crippen LogP) is 4.22. The topological polar surface area (TPSA) is 38.3 Å². The number of carbonyl (C=O) groups excluding carboxylic acids is 1. The smallest absolute Gasteiger partial charge is 0.257 e. The largest absolute Gasteiger partial charge is 0.484 e. The van der Waals surface area contributed by atoms with Crippen LogP contribution < -0.4 is 10.1 Å². The van der Waals surface area contributed by atoms with Crippen molar-refractivity contribution in [3.8, 4) is 5.75 Å². The number of carbonyl (C=O) groups is 1. The van der Waals surface area contributed by atoms with E-state index in [1.54, 1.807) is 12.1 Å². The molecule has 128 valence electrons. The van der Waals surface area contributed by atoms with Gasteiger partial charge in [-0.2, -0.15) is 0 Å². The van der Waals surface area contributed by atoms with Crippen LogP contribution in [0.25, 0.3) is 0 Å². The van der Waals surface area contributed by atoms with Gasteiger partial charge in [0.15, 0.2) is 6.61 Å². The highest BCUT2D eigenvalue weighted by atomic mass is 35.5. The van der Waals surface area contributed by atoms with E-state index in [9.17, 15) is 9.18 Å². The summed E-state index contributed by atoms with van der Waals surface area (Å²) in [7, 11) is 0. The molecule has 2 aromatic rings. The quantitative estimate of drug-likeness (QED) is 0.760. The second-order valence-corrected chi connectivity index (χ2v) is 6.12. The van der Waals surface area contributed by atoms with Crippen LogP contribution in [0, 0.1) is 19.7 Å². The van der Waals surface area contributed by atoms with Gasteiger partial charge in [-0.25, -0.2) is 4.39 Å². The first-order chi connectivity index (χ1) is 11.5. The van der Waals surface area contributed by atoms with E-state index in [2.05, 4.69) is 5.32 Å². The zero-order valence-electron chi connectivity index (χ0n) is 13.9. The van der Waals surface area contributed by atoms with E-state index in [4.69, 9.17) is 16.3 Å². The molecule has 0 fully saturated rings. The molecule has 2 rings (SSSR count). The molecule has 0 saturated heterocycles. The van der Waals surface area contributed by atoms with Gasteiger partial charge in [-0.15, -0.1) is 0 Å². The molecule has 0 bridgehead atoms. The van der Waals surface area contributed by atoms with Crippen LogP contribution in [0.5, 0.6) is 5.75 Å². The number of rotatable bonds is 7. The fourth-order valence-corrected chi connectivity index (χ4v) is 2.47. The van der Waals surface area contributed by atoms with Gasteiger partial charge in [0.25, 0.3) is 5.91 Å². The van der Waals surface area contributed by atoms with Crippen LogP contribution in [0.4, 0.5) is 4.39 Å². The molecule has 2 aromatic carbocycles. The fourth-order valence-electron chi connectivity index (χ4n) is 2.36. The van der Waals surface area contributed by atoms with Gasteiger partial charge in [0.1, 0.15) is 11.6 Å². The third-order valence-corrected chi connectivity index (χ3v) is 4.25. The molecular formula is C19H21ClFNO2. The van der Waals surface area contributed by atoms with E-state index in [0.29, 0.717) is 17.3 Å². The molecule has 0 spiro atoms. The molecule has 0 aromatic heterocycles. The van der Waals surface area contributed by atoms with Crippen molar-refractivity contribution < 1.29 is 13.9 Å². The van der Waals surface area contributed by atoms with Crippen molar-refractivity contribution in [2.75, 3.05) is 13.2 Å². The Balaban J connectivity index is 1.69. The van der Waals surface area contributed by atoms with Gasteiger partial charge in [0.05, 0.1) is 0 Å². The number of halogens is 2. The number of hydrogen-bond acceptors (Lipinski definition) is 2. The molecule has 0 radical (unpaired) electrons. The van der Waals surface area contributed by atoms with E-state index in [0.717, 1.165) is 29.5 Å². The van der Waals surface area contributed by atoms with Gasteiger partial charge in [-0.05, 0) is 67.6 Å². The highest BCUT2D eigenvalue weighted by molar-refractivity contribution is 6.32. The molecular weight excluding hydrogens is 329 g/mol. The lowest BCUT2D eigenvalue weighted by Crippen LogP contribution is -2.29. The van der Waals surface area contributed by atoms with E-state index in [1.807, 2.05) is 26.0 Å². The summed E-state index contributed by atoms with van der Waals surface area (Å²) in [5.41, 5.74) is 2.90. The van der Waals surface area contributed by atoms with Crippen molar-refractivity contribution in [1.82, 2.24) is 5.32 Å². The molecule has 1 N–H and O–H groups in total. The Bertz CT molecular complexity index is 678. The van der Waals surface area contributed by atoms with Gasteiger partial charge in [-0.1, -0.05) is 23.7 Å². The van der Waals surface area contributed by atoms with Crippen LogP contribution in [0.2, 0.25) is 5.02 Å². The lowest BCUT2D eigenvalue weighted by molar-refractivity contribution is -0.123. The molecule has 0 aliphatic carbocycles. The molecule has 0 unspecified atom stereocenters. The summed E-state index contributed by atoms with van der Waals surface area (Å²) in [5.74, 6) is 0.229. The molecule has 0 atom stereocenters. The molecule has 0 aliphatic rings. The van der Waals surface area contributed by atoms with Gasteiger partial charge in [0.2, 0.25) is 0 Å². The number of nitrogens with one attached hydrogen (secondary N) is 1. The summed E-state index contributed by atoms with van der Waals surface area (Å²) in [6, 6.07) is 10.0. The van der Waals surface area contributed by atoms with Crippen molar-refractivity contribution in [3.05, 3.63) is 63.9 Å². The molecule has 24 heavy (non-hydrogen) atoms. The van der Waals surface area contributed by atoms with Crippen molar-refractivity contribution >= 4 is 17.5 Å². The minimum atomic E-state index is -0.239. The van der Waals surface area contributed by atoms with Crippen molar-refractivity contribution in [3.63, 3.8) is 0 Å². The van der Waals surface area contributed by atoms with Crippen LogP contribution in [0.1, 0.15) is 23.1 Å². The molecule has 1 amide bonds. The first kappa shape index (κ1) is 18.3. The molecule has 0 saturated carbocycles. The Labute approximate surface area is 146 Å². The fraction of sp³-hybridized carbons (Fsp3) is 0.316. The Morgan fingerprint density at radius 1 is 1.17 bits per heavy atom. The molecule has 0 heterocycles. The van der Waals surface area contributed by atoms with Crippen molar-refractivity contribution in [2.45, 2.75) is 26.7 Å². The highest BCUT2D eigenvalue weighted by Gasteiger charge is 2.06. The average Bonchev–Trinajstić information content (AvgIpc) is 2.56. The van der Waals surface area contributed by atoms with E-state index in [1.165, 1.54) is 12.1 Å². The summed E-state index contributed by atoms with van der Waals surface area (Å²) in [6.07, 6.45) is 1.58. The van der Waals surface area contributed by atoms with E-state index in [-0.39, 0.29) is 18.3 Å². The average molecular weight is 350 g/mol. The maximum Gasteiger partial charge on any atom is 0.257 e. The first-order valence-electron chi connectivity index (χ1n) is 7.86. The van der Waals surface area contributed by atoms with E-state index >= 15 is 0 Å². The van der Waals surface area contributed by atoms with Crippen molar-refractivity contribution in [2.24, 2.45) is 0 Å². The summed E-state index contributed by atoms with van der Waals surface area (Å²) in [4.78, 5) is 11.8. The number of ether oxygens (including phenoxy) is 1. The minimum absolute atomic E-state index is 0.0307. The number of benzene rings is 2. The monoisotopic (exact) mass is 349 g/mol. The Morgan fingerprint density at radius 3 is 2.42 bits per heavy atom. The minimum Gasteiger partial charge on any atom is -0.484 e. The van der Waals surface area contributed by atoms with Gasteiger partial charge in [0, 0.05) is 11.6 Å². The first-order valence-corrected chi connectivity index (χ1v) is 8.24. The zero-order valence-corrected chi connectivity index (χ0v) is 14.6. The third kappa shape index (κ3) is 5.53. The van der Waals surface area contributed by atoms with E-state index < -0.39 is 0 Å². The molecule has 0 aliphatic heterocycles. The maximum absolute atomic E-state index is 12.8. The van der Waals surface area contributed by atoms with Crippen LogP contribution >= 0.6 is 11.6 Å². The van der Waals surface area contributed by atoms with Crippen LogP contribution in [-0.4, -0.2) is 19.1 Å². The summed E-state index contributed by atoms with van der Waals surface area (Å²) >= 11 is 6.10. The van der Waals surface area contributed by atoms with Crippen LogP contribution in [0.3, 0.4) is 0 Å². The zero-order chi connectivity index (χ0) is 17.5. The number of amides is 1. The second-order valence-electron chi connectivity index (χ2n) is 5.74. The van der Waals surface area contributed by atoms with Crippen molar-refractivity contribution in [1.29, 1.82) is 0 Å². The molecule has 3 nitrogen and oxygen atoms in total. The second kappa shape index (κ2) is 8.69. The van der Waals surface area contributed by atoms with Gasteiger partial charge in [-0.3, -0.25) is 4.79 Å². The highest BCUT2D eigenvalue weighted by Crippen LogP contribution is 2.25. The normalized spacial score (nSPS) is 10.5. The van der Waals surface area contributed by atoms with Crippen LogP contribution in [-0.2, 0) is 11.2 Å². The summed E-state index contributed by atoms with van der Waals surface area (Å²) in [5, 5.41) is 3.53. The Hall–Kier alpha value is -2.07. The SMILES string of the molecule is Cc1cc(OCC(=O)NCCCc2ccc(F)cc2)cc(C)c1Cl. The lowest BCUT2D eigenvalue weighted by Gasteiger charge is -2.10. The Kier molecular flexibility index (Phi) is 6.62. The van der Waals surface area contributed by atoms with Gasteiger partial charge >= 0.3 is 0 Å². The number of aryl methyl sites for hydroxylation is 3. The van der Waals surface area contributed by atoms with Crippen LogP contribution in [0.15, 0.2) is 36.4 Å². The summed E-state index contributed by atoms with van der Waals surface area (Å²) < 4.78 is 18.3. The number of hydrogen-bond donors (Lipinski definition) is 1. The standard InChI is InChI=1S/C19H21ClFNO2/c1-13-10-17(11-14(2)19(13)20)24-12-18(23)22-9-3-4-15-5-7-16(21)8-6-15/h5-8,10-11H,3-4,9,12H2,1-2H3,(H,22,23). The Morgan fingerprint density at radius 2 is 1.79 bits per heavy atom. The maximum atomic E-state index is 12.8.